The van der Waals surface area contributed by atoms with Crippen molar-refractivity contribution in [1.82, 2.24) is 5.32 Å². The lowest BCUT2D eigenvalue weighted by atomic mass is 10.1. The van der Waals surface area contributed by atoms with Gasteiger partial charge in [-0.1, -0.05) is 17.7 Å². The number of nitrogens with zero attached hydrogens (tertiary/aromatic N) is 1. The Kier molecular flexibility index (Phi) is 6.00. The normalized spacial score (nSPS) is 16.1. The molecular weight excluding hydrogens is 404 g/mol. The molecule has 28 heavy (non-hydrogen) atoms. The third-order valence-electron chi connectivity index (χ3n) is 4.16. The quantitative estimate of drug-likeness (QED) is 0.719. The van der Waals surface area contributed by atoms with Crippen LogP contribution in [0.2, 0.25) is 5.02 Å². The number of hydrogen-bond donors (Lipinski definition) is 1. The summed E-state index contributed by atoms with van der Waals surface area (Å²) in [5, 5.41) is 3.32. The molecule has 0 spiro atoms. The van der Waals surface area contributed by atoms with Gasteiger partial charge >= 0.3 is 0 Å². The number of sulfonamides is 1. The fraction of sp³-hybridized carbons (Fsp3) is 0.316. The topological polar surface area (TPSA) is 84.9 Å². The highest BCUT2D eigenvalue weighted by atomic mass is 35.5. The molecule has 2 aromatic carbocycles. The summed E-state index contributed by atoms with van der Waals surface area (Å²) in [5.41, 5.74) is 1.34. The summed E-state index contributed by atoms with van der Waals surface area (Å²) in [6, 6.07) is 12.1. The van der Waals surface area contributed by atoms with Crippen molar-refractivity contribution in [2.75, 3.05) is 30.3 Å². The van der Waals surface area contributed by atoms with E-state index in [9.17, 15) is 13.2 Å². The van der Waals surface area contributed by atoms with Gasteiger partial charge < -0.3 is 14.8 Å². The maximum Gasteiger partial charge on any atom is 0.263 e. The number of hydrogen-bond acceptors (Lipinski definition) is 5. The van der Waals surface area contributed by atoms with E-state index in [1.807, 2.05) is 6.92 Å². The number of benzene rings is 2. The molecule has 1 aliphatic heterocycles. The molecule has 2 aromatic rings. The zero-order valence-corrected chi connectivity index (χ0v) is 17.1. The summed E-state index contributed by atoms with van der Waals surface area (Å²) in [6.45, 7) is 2.28. The molecule has 0 aliphatic carbocycles. The van der Waals surface area contributed by atoms with E-state index < -0.39 is 22.0 Å². The average Bonchev–Trinajstić information content (AvgIpc) is 2.64. The van der Waals surface area contributed by atoms with Crippen LogP contribution in [0.25, 0.3) is 0 Å². The highest BCUT2D eigenvalue weighted by molar-refractivity contribution is 7.92. The van der Waals surface area contributed by atoms with Gasteiger partial charge in [0.1, 0.15) is 18.1 Å². The standard InChI is InChI=1S/C19H21ClN2O5S/c1-13-3-8-17-16(11-13)22(28(2,24)25)12-18(27-17)19(23)21-9-10-26-15-6-4-14(20)5-7-15/h3-8,11,18H,9-10,12H2,1-2H3,(H,21,23)/t18-/m0/s1. The zero-order chi connectivity index (χ0) is 20.3. The van der Waals surface area contributed by atoms with Crippen LogP contribution in [0.3, 0.4) is 0 Å². The molecule has 0 saturated carbocycles. The number of amides is 1. The number of rotatable bonds is 6. The van der Waals surface area contributed by atoms with Crippen molar-refractivity contribution in [3.05, 3.63) is 53.1 Å². The van der Waals surface area contributed by atoms with Crippen LogP contribution in [0.5, 0.6) is 11.5 Å². The molecule has 0 fully saturated rings. The van der Waals surface area contributed by atoms with E-state index in [1.165, 1.54) is 4.31 Å². The van der Waals surface area contributed by atoms with Gasteiger partial charge in [-0.15, -0.1) is 0 Å². The van der Waals surface area contributed by atoms with Crippen molar-refractivity contribution in [3.8, 4) is 11.5 Å². The molecule has 150 valence electrons. The molecule has 0 radical (unpaired) electrons. The summed E-state index contributed by atoms with van der Waals surface area (Å²) >= 11 is 5.82. The molecule has 0 unspecified atom stereocenters. The van der Waals surface area contributed by atoms with Gasteiger partial charge in [-0.3, -0.25) is 9.10 Å². The largest absolute Gasteiger partial charge is 0.492 e. The Bertz CT molecular complexity index is 963. The van der Waals surface area contributed by atoms with Gasteiger partial charge in [0.15, 0.2) is 6.10 Å². The second-order valence-electron chi connectivity index (χ2n) is 6.47. The monoisotopic (exact) mass is 424 g/mol. The van der Waals surface area contributed by atoms with E-state index in [4.69, 9.17) is 21.1 Å². The van der Waals surface area contributed by atoms with Crippen molar-refractivity contribution < 1.29 is 22.7 Å². The molecule has 9 heteroatoms. The third-order valence-corrected chi connectivity index (χ3v) is 5.56. The van der Waals surface area contributed by atoms with Crippen LogP contribution in [-0.2, 0) is 14.8 Å². The summed E-state index contributed by atoms with van der Waals surface area (Å²) in [5.74, 6) is 0.597. The number of carbonyl (C=O) groups excluding carboxylic acids is 1. The minimum atomic E-state index is -3.55. The van der Waals surface area contributed by atoms with Crippen molar-refractivity contribution in [3.63, 3.8) is 0 Å². The summed E-state index contributed by atoms with van der Waals surface area (Å²) in [6.07, 6.45) is 0.166. The maximum atomic E-state index is 12.5. The van der Waals surface area contributed by atoms with Crippen molar-refractivity contribution >= 4 is 33.2 Å². The van der Waals surface area contributed by atoms with Crippen molar-refractivity contribution in [2.45, 2.75) is 13.0 Å². The number of nitrogens with one attached hydrogen (secondary N) is 1. The number of ether oxygens (including phenoxy) is 2. The number of halogens is 1. The van der Waals surface area contributed by atoms with E-state index in [-0.39, 0.29) is 19.7 Å². The van der Waals surface area contributed by atoms with Gasteiger partial charge in [-0.05, 0) is 48.9 Å². The first-order valence-electron chi connectivity index (χ1n) is 8.65. The van der Waals surface area contributed by atoms with E-state index in [0.29, 0.717) is 22.2 Å². The Hall–Kier alpha value is -2.45. The molecular formula is C19H21ClN2O5S. The Morgan fingerprint density at radius 2 is 2.00 bits per heavy atom. The summed E-state index contributed by atoms with van der Waals surface area (Å²) < 4.78 is 36.8. The highest BCUT2D eigenvalue weighted by Gasteiger charge is 2.34. The first-order chi connectivity index (χ1) is 13.2. The highest BCUT2D eigenvalue weighted by Crippen LogP contribution is 2.35. The van der Waals surface area contributed by atoms with Crippen molar-refractivity contribution in [1.29, 1.82) is 0 Å². The maximum absolute atomic E-state index is 12.5. The first-order valence-corrected chi connectivity index (χ1v) is 10.9. The summed E-state index contributed by atoms with van der Waals surface area (Å²) in [4.78, 5) is 12.5. The lowest BCUT2D eigenvalue weighted by Gasteiger charge is -2.34. The lowest BCUT2D eigenvalue weighted by molar-refractivity contribution is -0.127. The molecule has 3 rings (SSSR count). The average molecular weight is 425 g/mol. The molecule has 1 amide bonds. The van der Waals surface area contributed by atoms with E-state index in [0.717, 1.165) is 11.8 Å². The zero-order valence-electron chi connectivity index (χ0n) is 15.5. The second-order valence-corrected chi connectivity index (χ2v) is 8.81. The molecule has 1 atom stereocenters. The second kappa shape index (κ2) is 8.28. The molecule has 0 aromatic heterocycles. The van der Waals surface area contributed by atoms with E-state index in [1.54, 1.807) is 42.5 Å². The third kappa shape index (κ3) is 4.88. The van der Waals surface area contributed by atoms with E-state index >= 15 is 0 Å². The van der Waals surface area contributed by atoms with Crippen LogP contribution in [0.15, 0.2) is 42.5 Å². The van der Waals surface area contributed by atoms with Gasteiger partial charge in [0.2, 0.25) is 10.0 Å². The molecule has 0 saturated heterocycles. The molecule has 1 N–H and O–H groups in total. The van der Waals surface area contributed by atoms with Crippen LogP contribution in [-0.4, -0.2) is 46.4 Å². The Morgan fingerprint density at radius 1 is 1.29 bits per heavy atom. The fourth-order valence-electron chi connectivity index (χ4n) is 2.80. The van der Waals surface area contributed by atoms with Gasteiger partial charge in [-0.2, -0.15) is 0 Å². The van der Waals surface area contributed by atoms with Gasteiger partial charge in [0.05, 0.1) is 25.0 Å². The van der Waals surface area contributed by atoms with Crippen LogP contribution in [0.4, 0.5) is 5.69 Å². The Morgan fingerprint density at radius 3 is 2.68 bits per heavy atom. The smallest absolute Gasteiger partial charge is 0.263 e. The number of aryl methyl sites for hydroxylation is 1. The first kappa shape index (κ1) is 20.3. The summed E-state index contributed by atoms with van der Waals surface area (Å²) in [7, 11) is -3.55. The lowest BCUT2D eigenvalue weighted by Crippen LogP contribution is -2.51. The Labute approximate surface area is 169 Å². The van der Waals surface area contributed by atoms with Gasteiger partial charge in [-0.25, -0.2) is 8.42 Å². The predicted molar refractivity (Wildman–Crippen MR) is 108 cm³/mol. The van der Waals surface area contributed by atoms with Gasteiger partial charge in [0.25, 0.3) is 5.91 Å². The van der Waals surface area contributed by atoms with Crippen LogP contribution >= 0.6 is 11.6 Å². The van der Waals surface area contributed by atoms with Gasteiger partial charge in [0, 0.05) is 5.02 Å². The number of carbonyl (C=O) groups is 1. The molecule has 1 heterocycles. The molecule has 1 aliphatic rings. The van der Waals surface area contributed by atoms with E-state index in [2.05, 4.69) is 5.32 Å². The van der Waals surface area contributed by atoms with Crippen molar-refractivity contribution in [2.24, 2.45) is 0 Å². The number of anilines is 1. The predicted octanol–water partition coefficient (Wildman–Crippen LogP) is 2.37. The minimum Gasteiger partial charge on any atom is -0.492 e. The van der Waals surface area contributed by atoms with Crippen LogP contribution < -0.4 is 19.1 Å². The Balaban J connectivity index is 1.61. The minimum absolute atomic E-state index is 0.0842. The number of fused-ring (bicyclic) bond motifs is 1. The molecule has 0 bridgehead atoms. The SMILES string of the molecule is Cc1ccc2c(c1)N(S(C)(=O)=O)C[C@@H](C(=O)NCCOc1ccc(Cl)cc1)O2. The molecule has 7 nitrogen and oxygen atoms in total. The van der Waals surface area contributed by atoms with Crippen LogP contribution in [0, 0.1) is 6.92 Å². The van der Waals surface area contributed by atoms with Crippen LogP contribution in [0.1, 0.15) is 5.56 Å². The fourth-order valence-corrected chi connectivity index (χ4v) is 3.83.